The van der Waals surface area contributed by atoms with E-state index < -0.39 is 0 Å². The van der Waals surface area contributed by atoms with E-state index in [2.05, 4.69) is 6.92 Å². The van der Waals surface area contributed by atoms with Gasteiger partial charge in [-0.05, 0) is 30.7 Å². The van der Waals surface area contributed by atoms with Gasteiger partial charge in [0, 0.05) is 18.1 Å². The molecule has 1 amide bonds. The van der Waals surface area contributed by atoms with Crippen molar-refractivity contribution in [2.45, 2.75) is 33.1 Å². The maximum atomic E-state index is 12.4. The second-order valence-corrected chi connectivity index (χ2v) is 6.15. The summed E-state index contributed by atoms with van der Waals surface area (Å²) in [7, 11) is 1.35. The summed E-state index contributed by atoms with van der Waals surface area (Å²) in [5.41, 5.74) is 0. The van der Waals surface area contributed by atoms with Crippen molar-refractivity contribution in [3.05, 3.63) is 29.3 Å². The molecule has 0 heterocycles. The Kier molecular flexibility index (Phi) is 9.23. The molecule has 0 radical (unpaired) electrons. The molecule has 24 heavy (non-hydrogen) atoms. The van der Waals surface area contributed by atoms with Crippen LogP contribution in [0, 0.1) is 5.92 Å². The lowest BCUT2D eigenvalue weighted by Gasteiger charge is -2.25. The van der Waals surface area contributed by atoms with E-state index in [1.54, 1.807) is 36.1 Å². The van der Waals surface area contributed by atoms with E-state index in [0.717, 1.165) is 19.3 Å². The van der Waals surface area contributed by atoms with Crippen LogP contribution in [0.15, 0.2) is 24.3 Å². The third-order valence-electron chi connectivity index (χ3n) is 3.66. The van der Waals surface area contributed by atoms with Gasteiger partial charge in [0.05, 0.1) is 13.0 Å². The average Bonchev–Trinajstić information content (AvgIpc) is 2.59. The average molecular weight is 356 g/mol. The van der Waals surface area contributed by atoms with Crippen molar-refractivity contribution in [2.24, 2.45) is 5.92 Å². The van der Waals surface area contributed by atoms with Gasteiger partial charge in [0.25, 0.3) is 5.91 Å². The number of hydrogen-bond acceptors (Lipinski definition) is 4. The smallest absolute Gasteiger partial charge is 0.310 e. The predicted octanol–water partition coefficient (Wildman–Crippen LogP) is 3.55. The number of ether oxygens (including phenoxy) is 2. The molecule has 1 atom stereocenters. The number of benzene rings is 1. The number of halogens is 1. The molecule has 1 rings (SSSR count). The van der Waals surface area contributed by atoms with Gasteiger partial charge in [0.2, 0.25) is 0 Å². The minimum atomic E-state index is -0.365. The van der Waals surface area contributed by atoms with Crippen molar-refractivity contribution in [3.63, 3.8) is 0 Å². The van der Waals surface area contributed by atoms with Gasteiger partial charge in [0.15, 0.2) is 6.61 Å². The molecule has 0 aromatic heterocycles. The minimum absolute atomic E-state index is 0.0678. The van der Waals surface area contributed by atoms with Crippen molar-refractivity contribution < 1.29 is 19.1 Å². The number of amides is 1. The minimum Gasteiger partial charge on any atom is -0.484 e. The molecule has 1 unspecified atom stereocenters. The highest BCUT2D eigenvalue weighted by atomic mass is 35.5. The summed E-state index contributed by atoms with van der Waals surface area (Å²) in [6, 6.07) is 6.85. The summed E-state index contributed by atoms with van der Waals surface area (Å²) in [4.78, 5) is 25.7. The van der Waals surface area contributed by atoms with Crippen molar-refractivity contribution in [3.8, 4) is 5.75 Å². The molecule has 0 spiro atoms. The zero-order valence-corrected chi connectivity index (χ0v) is 15.3. The normalized spacial score (nSPS) is 11.7. The molecule has 0 saturated heterocycles. The first-order chi connectivity index (χ1) is 11.5. The Bertz CT molecular complexity index is 518. The van der Waals surface area contributed by atoms with Crippen LogP contribution in [0.25, 0.3) is 0 Å². The molecule has 0 saturated carbocycles. The first-order valence-electron chi connectivity index (χ1n) is 8.21. The fourth-order valence-electron chi connectivity index (χ4n) is 2.24. The first kappa shape index (κ1) is 20.3. The molecule has 6 heteroatoms. The van der Waals surface area contributed by atoms with Gasteiger partial charge < -0.3 is 14.4 Å². The van der Waals surface area contributed by atoms with Crippen LogP contribution in [0.4, 0.5) is 0 Å². The van der Waals surface area contributed by atoms with Crippen molar-refractivity contribution in [1.82, 2.24) is 4.90 Å². The number of carbonyl (C=O) groups is 2. The molecule has 0 fully saturated rings. The van der Waals surface area contributed by atoms with E-state index in [1.807, 2.05) is 0 Å². The van der Waals surface area contributed by atoms with Gasteiger partial charge >= 0.3 is 5.97 Å². The summed E-state index contributed by atoms with van der Waals surface area (Å²) >= 11 is 5.82. The summed E-state index contributed by atoms with van der Waals surface area (Å²) in [6.45, 7) is 4.73. The second-order valence-electron chi connectivity index (χ2n) is 5.71. The zero-order valence-electron chi connectivity index (χ0n) is 14.6. The Labute approximate surface area is 148 Å². The molecule has 1 aromatic rings. The van der Waals surface area contributed by atoms with Crippen LogP contribution >= 0.6 is 11.6 Å². The quantitative estimate of drug-likeness (QED) is 0.475. The number of rotatable bonds is 10. The molecule has 5 nitrogen and oxygen atoms in total. The lowest BCUT2D eigenvalue weighted by molar-refractivity contribution is -0.146. The highest BCUT2D eigenvalue weighted by Gasteiger charge is 2.21. The third kappa shape index (κ3) is 7.21. The molecular weight excluding hydrogens is 330 g/mol. The number of carbonyl (C=O) groups excluding carboxylic acids is 2. The Hall–Kier alpha value is -1.75. The van der Waals surface area contributed by atoms with Crippen LogP contribution in [0.2, 0.25) is 5.02 Å². The second kappa shape index (κ2) is 10.9. The van der Waals surface area contributed by atoms with Crippen molar-refractivity contribution in [2.75, 3.05) is 26.8 Å². The zero-order chi connectivity index (χ0) is 17.9. The van der Waals surface area contributed by atoms with E-state index >= 15 is 0 Å². The summed E-state index contributed by atoms with van der Waals surface area (Å²) in [5, 5.41) is 0.613. The number of methoxy groups -OCH3 is 1. The van der Waals surface area contributed by atoms with E-state index in [1.165, 1.54) is 7.11 Å². The highest BCUT2D eigenvalue weighted by molar-refractivity contribution is 6.30. The van der Waals surface area contributed by atoms with Gasteiger partial charge in [-0.3, -0.25) is 9.59 Å². The SMILES string of the molecule is CCCCCN(CC(C)C(=O)OC)C(=O)COc1ccc(Cl)cc1. The number of nitrogens with zero attached hydrogens (tertiary/aromatic N) is 1. The largest absolute Gasteiger partial charge is 0.484 e. The third-order valence-corrected chi connectivity index (χ3v) is 3.91. The maximum absolute atomic E-state index is 12.4. The van der Waals surface area contributed by atoms with Crippen LogP contribution in [-0.4, -0.2) is 43.6 Å². The van der Waals surface area contributed by atoms with Gasteiger partial charge in [-0.15, -0.1) is 0 Å². The number of esters is 1. The standard InChI is InChI=1S/C18H26ClNO4/c1-4-5-6-11-20(12-14(2)18(22)23-3)17(21)13-24-16-9-7-15(19)8-10-16/h7-10,14H,4-6,11-13H2,1-3H3. The van der Waals surface area contributed by atoms with Crippen molar-refractivity contribution >= 4 is 23.5 Å². The van der Waals surface area contributed by atoms with Crippen LogP contribution in [0.5, 0.6) is 5.75 Å². The molecular formula is C18H26ClNO4. The summed E-state index contributed by atoms with van der Waals surface area (Å²) < 4.78 is 10.3. The lowest BCUT2D eigenvalue weighted by Crippen LogP contribution is -2.40. The Morgan fingerprint density at radius 1 is 1.21 bits per heavy atom. The maximum Gasteiger partial charge on any atom is 0.310 e. The Balaban J connectivity index is 2.60. The molecule has 134 valence electrons. The molecule has 0 N–H and O–H groups in total. The highest BCUT2D eigenvalue weighted by Crippen LogP contribution is 2.15. The van der Waals surface area contributed by atoms with Crippen LogP contribution < -0.4 is 4.74 Å². The van der Waals surface area contributed by atoms with E-state index in [4.69, 9.17) is 21.1 Å². The van der Waals surface area contributed by atoms with Gasteiger partial charge in [-0.1, -0.05) is 38.3 Å². The number of unbranched alkanes of at least 4 members (excludes halogenated alkanes) is 2. The van der Waals surface area contributed by atoms with E-state index in [0.29, 0.717) is 23.9 Å². The van der Waals surface area contributed by atoms with Crippen LogP contribution in [0.3, 0.4) is 0 Å². The summed E-state index contributed by atoms with van der Waals surface area (Å²) in [5.74, 6) is -0.239. The summed E-state index contributed by atoms with van der Waals surface area (Å²) in [6.07, 6.45) is 3.00. The molecule has 0 aliphatic heterocycles. The van der Waals surface area contributed by atoms with Crippen molar-refractivity contribution in [1.29, 1.82) is 0 Å². The molecule has 1 aromatic carbocycles. The molecule has 0 bridgehead atoms. The van der Waals surface area contributed by atoms with E-state index in [-0.39, 0.29) is 24.4 Å². The Morgan fingerprint density at radius 2 is 1.88 bits per heavy atom. The van der Waals surface area contributed by atoms with Gasteiger partial charge in [-0.2, -0.15) is 0 Å². The lowest BCUT2D eigenvalue weighted by atomic mass is 10.1. The first-order valence-corrected chi connectivity index (χ1v) is 8.59. The fraction of sp³-hybridized carbons (Fsp3) is 0.556. The predicted molar refractivity (Wildman–Crippen MR) is 94.2 cm³/mol. The van der Waals surface area contributed by atoms with Crippen LogP contribution in [-0.2, 0) is 14.3 Å². The Morgan fingerprint density at radius 3 is 2.46 bits per heavy atom. The number of hydrogen-bond donors (Lipinski definition) is 0. The van der Waals surface area contributed by atoms with Gasteiger partial charge in [0.1, 0.15) is 5.75 Å². The topological polar surface area (TPSA) is 55.8 Å². The van der Waals surface area contributed by atoms with Gasteiger partial charge in [-0.25, -0.2) is 0 Å². The van der Waals surface area contributed by atoms with E-state index in [9.17, 15) is 9.59 Å². The van der Waals surface area contributed by atoms with Crippen LogP contribution in [0.1, 0.15) is 33.1 Å². The molecule has 0 aliphatic rings. The monoisotopic (exact) mass is 355 g/mol. The fourth-order valence-corrected chi connectivity index (χ4v) is 2.37. The molecule has 0 aliphatic carbocycles.